The lowest BCUT2D eigenvalue weighted by molar-refractivity contribution is 1.13. The molecular weight excluding hydrogens is 240 g/mol. The largest absolute Gasteiger partial charge is 0.375 e. The van der Waals surface area contributed by atoms with Gasteiger partial charge >= 0.3 is 0 Å². The molecule has 0 saturated carbocycles. The summed E-state index contributed by atoms with van der Waals surface area (Å²) in [6, 6.07) is 5.96. The van der Waals surface area contributed by atoms with Gasteiger partial charge in [-0.2, -0.15) is 0 Å². The molecule has 2 nitrogen and oxygen atoms in total. The SMILES string of the molecule is Cc1cccc(Cl)c1Cc1sc(N)nc1C. The first kappa shape index (κ1) is 11.4. The molecule has 16 heavy (non-hydrogen) atoms. The Labute approximate surface area is 104 Å². The van der Waals surface area contributed by atoms with Gasteiger partial charge < -0.3 is 5.73 Å². The standard InChI is InChI=1S/C12H13ClN2S/c1-7-4-3-5-10(13)9(7)6-11-8(2)15-12(14)16-11/h3-5H,6H2,1-2H3,(H2,14,15). The molecular formula is C12H13ClN2S. The van der Waals surface area contributed by atoms with Gasteiger partial charge in [0.2, 0.25) is 0 Å². The zero-order chi connectivity index (χ0) is 11.7. The Hall–Kier alpha value is -1.06. The van der Waals surface area contributed by atoms with Crippen LogP contribution in [0.25, 0.3) is 0 Å². The zero-order valence-electron chi connectivity index (χ0n) is 9.25. The summed E-state index contributed by atoms with van der Waals surface area (Å²) in [5.74, 6) is 0. The summed E-state index contributed by atoms with van der Waals surface area (Å²) >= 11 is 7.73. The molecule has 0 bridgehead atoms. The number of nitrogen functional groups attached to an aromatic ring is 1. The third-order valence-electron chi connectivity index (χ3n) is 2.60. The van der Waals surface area contributed by atoms with Crippen LogP contribution in [0.4, 0.5) is 5.13 Å². The first-order valence-corrected chi connectivity index (χ1v) is 6.23. The van der Waals surface area contributed by atoms with E-state index in [1.807, 2.05) is 19.1 Å². The van der Waals surface area contributed by atoms with Crippen molar-refractivity contribution in [2.75, 3.05) is 5.73 Å². The average Bonchev–Trinajstić information content (AvgIpc) is 2.51. The number of halogens is 1. The molecule has 1 heterocycles. The van der Waals surface area contributed by atoms with Crippen LogP contribution >= 0.6 is 22.9 Å². The van der Waals surface area contributed by atoms with E-state index in [-0.39, 0.29) is 0 Å². The van der Waals surface area contributed by atoms with Crippen LogP contribution in [-0.4, -0.2) is 4.98 Å². The highest BCUT2D eigenvalue weighted by atomic mass is 35.5. The van der Waals surface area contributed by atoms with E-state index in [9.17, 15) is 0 Å². The average molecular weight is 253 g/mol. The van der Waals surface area contributed by atoms with Gasteiger partial charge in [0, 0.05) is 16.3 Å². The number of benzene rings is 1. The predicted molar refractivity (Wildman–Crippen MR) is 70.3 cm³/mol. The monoisotopic (exact) mass is 252 g/mol. The van der Waals surface area contributed by atoms with Gasteiger partial charge in [0.15, 0.2) is 5.13 Å². The zero-order valence-corrected chi connectivity index (χ0v) is 10.8. The molecule has 4 heteroatoms. The number of thiazole rings is 1. The van der Waals surface area contributed by atoms with E-state index in [0.29, 0.717) is 5.13 Å². The predicted octanol–water partition coefficient (Wildman–Crippen LogP) is 3.59. The fourth-order valence-corrected chi connectivity index (χ4v) is 2.80. The highest BCUT2D eigenvalue weighted by Crippen LogP contribution is 2.27. The Morgan fingerprint density at radius 2 is 2.12 bits per heavy atom. The van der Waals surface area contributed by atoms with Gasteiger partial charge in [0.05, 0.1) is 5.69 Å². The maximum atomic E-state index is 6.19. The summed E-state index contributed by atoms with van der Waals surface area (Å²) < 4.78 is 0. The van der Waals surface area contributed by atoms with E-state index in [1.54, 1.807) is 0 Å². The van der Waals surface area contributed by atoms with Crippen molar-refractivity contribution in [2.24, 2.45) is 0 Å². The highest BCUT2D eigenvalue weighted by Gasteiger charge is 2.10. The van der Waals surface area contributed by atoms with Crippen molar-refractivity contribution in [3.63, 3.8) is 0 Å². The highest BCUT2D eigenvalue weighted by molar-refractivity contribution is 7.15. The molecule has 84 valence electrons. The lowest BCUT2D eigenvalue weighted by Crippen LogP contribution is -1.92. The molecule has 2 rings (SSSR count). The van der Waals surface area contributed by atoms with Gasteiger partial charge in [0.25, 0.3) is 0 Å². The van der Waals surface area contributed by atoms with Crippen molar-refractivity contribution in [2.45, 2.75) is 20.3 Å². The van der Waals surface area contributed by atoms with Gasteiger partial charge in [-0.15, -0.1) is 11.3 Å². The number of nitrogens with zero attached hydrogens (tertiary/aromatic N) is 1. The quantitative estimate of drug-likeness (QED) is 0.887. The molecule has 0 amide bonds. The Kier molecular flexibility index (Phi) is 3.17. The molecule has 0 radical (unpaired) electrons. The van der Waals surface area contributed by atoms with Crippen LogP contribution in [0.2, 0.25) is 5.02 Å². The number of hydrogen-bond acceptors (Lipinski definition) is 3. The minimum atomic E-state index is 0.622. The minimum absolute atomic E-state index is 0.622. The van der Waals surface area contributed by atoms with Gasteiger partial charge in [-0.25, -0.2) is 4.98 Å². The third-order valence-corrected chi connectivity index (χ3v) is 3.94. The van der Waals surface area contributed by atoms with Crippen LogP contribution in [0.15, 0.2) is 18.2 Å². The molecule has 1 aromatic carbocycles. The number of hydrogen-bond donors (Lipinski definition) is 1. The number of anilines is 1. The second-order valence-electron chi connectivity index (χ2n) is 3.77. The minimum Gasteiger partial charge on any atom is -0.375 e. The number of nitrogens with two attached hydrogens (primary N) is 1. The van der Waals surface area contributed by atoms with Crippen molar-refractivity contribution in [1.29, 1.82) is 0 Å². The van der Waals surface area contributed by atoms with Crippen LogP contribution in [0.5, 0.6) is 0 Å². The van der Waals surface area contributed by atoms with Crippen LogP contribution in [0, 0.1) is 13.8 Å². The topological polar surface area (TPSA) is 38.9 Å². The fourth-order valence-electron chi connectivity index (χ4n) is 1.67. The Morgan fingerprint density at radius 3 is 2.69 bits per heavy atom. The normalized spacial score (nSPS) is 10.7. The fraction of sp³-hybridized carbons (Fsp3) is 0.250. The Bertz CT molecular complexity index is 499. The summed E-state index contributed by atoms with van der Waals surface area (Å²) in [5.41, 5.74) is 9.06. The van der Waals surface area contributed by atoms with Gasteiger partial charge in [-0.05, 0) is 31.0 Å². The molecule has 2 aromatic rings. The summed E-state index contributed by atoms with van der Waals surface area (Å²) in [5, 5.41) is 1.43. The molecule has 2 N–H and O–H groups in total. The molecule has 0 saturated heterocycles. The summed E-state index contributed by atoms with van der Waals surface area (Å²) in [7, 11) is 0. The van der Waals surface area contributed by atoms with E-state index in [1.165, 1.54) is 21.8 Å². The second kappa shape index (κ2) is 4.44. The third kappa shape index (κ3) is 2.20. The molecule has 0 atom stereocenters. The van der Waals surface area contributed by atoms with Crippen molar-refractivity contribution >= 4 is 28.1 Å². The van der Waals surface area contributed by atoms with E-state index in [2.05, 4.69) is 18.0 Å². The maximum absolute atomic E-state index is 6.19. The number of aromatic nitrogens is 1. The Balaban J connectivity index is 2.37. The van der Waals surface area contributed by atoms with Crippen LogP contribution in [-0.2, 0) is 6.42 Å². The molecule has 0 fully saturated rings. The van der Waals surface area contributed by atoms with E-state index >= 15 is 0 Å². The molecule has 0 aliphatic carbocycles. The van der Waals surface area contributed by atoms with Gasteiger partial charge in [-0.1, -0.05) is 23.7 Å². The van der Waals surface area contributed by atoms with Crippen LogP contribution in [0.3, 0.4) is 0 Å². The van der Waals surface area contributed by atoms with Gasteiger partial charge in [-0.3, -0.25) is 0 Å². The van der Waals surface area contributed by atoms with E-state index < -0.39 is 0 Å². The van der Waals surface area contributed by atoms with E-state index in [4.69, 9.17) is 17.3 Å². The summed E-state index contributed by atoms with van der Waals surface area (Å²) in [4.78, 5) is 5.41. The van der Waals surface area contributed by atoms with E-state index in [0.717, 1.165) is 22.7 Å². The van der Waals surface area contributed by atoms with Crippen molar-refractivity contribution in [1.82, 2.24) is 4.98 Å². The smallest absolute Gasteiger partial charge is 0.180 e. The molecule has 1 aromatic heterocycles. The number of rotatable bonds is 2. The Morgan fingerprint density at radius 1 is 1.38 bits per heavy atom. The second-order valence-corrected chi connectivity index (χ2v) is 5.30. The molecule has 0 aliphatic heterocycles. The van der Waals surface area contributed by atoms with Crippen LogP contribution in [0.1, 0.15) is 21.7 Å². The lowest BCUT2D eigenvalue weighted by atomic mass is 10.0. The number of aryl methyl sites for hydroxylation is 2. The molecule has 0 spiro atoms. The first-order valence-electron chi connectivity index (χ1n) is 5.03. The van der Waals surface area contributed by atoms with Gasteiger partial charge in [0.1, 0.15) is 0 Å². The first-order chi connectivity index (χ1) is 7.58. The van der Waals surface area contributed by atoms with Crippen molar-refractivity contribution in [3.8, 4) is 0 Å². The maximum Gasteiger partial charge on any atom is 0.180 e. The lowest BCUT2D eigenvalue weighted by Gasteiger charge is -2.06. The molecule has 0 aliphatic rings. The van der Waals surface area contributed by atoms with Crippen molar-refractivity contribution in [3.05, 3.63) is 44.9 Å². The summed E-state index contributed by atoms with van der Waals surface area (Å²) in [6.45, 7) is 4.05. The molecule has 0 unspecified atom stereocenters. The van der Waals surface area contributed by atoms with Crippen LogP contribution < -0.4 is 5.73 Å². The van der Waals surface area contributed by atoms with Crippen molar-refractivity contribution < 1.29 is 0 Å². The summed E-state index contributed by atoms with van der Waals surface area (Å²) in [6.07, 6.45) is 0.812.